The second-order valence-electron chi connectivity index (χ2n) is 6.08. The molecule has 0 radical (unpaired) electrons. The lowest BCUT2D eigenvalue weighted by atomic mass is 9.89. The Morgan fingerprint density at radius 1 is 1.21 bits per heavy atom. The summed E-state index contributed by atoms with van der Waals surface area (Å²) >= 11 is 0. The van der Waals surface area contributed by atoms with Crippen LogP contribution in [0.4, 0.5) is 0 Å². The Labute approximate surface area is 118 Å². The number of benzene rings is 1. The molecule has 2 nitrogen and oxygen atoms in total. The zero-order valence-corrected chi connectivity index (χ0v) is 12.4. The molecule has 1 aliphatic heterocycles. The maximum Gasteiger partial charge on any atom is -0.00160 e. The summed E-state index contributed by atoms with van der Waals surface area (Å²) in [5.74, 6) is 1.34. The van der Waals surface area contributed by atoms with Gasteiger partial charge in [-0.1, -0.05) is 31.2 Å². The Hall–Kier alpha value is -0.860. The van der Waals surface area contributed by atoms with Crippen LogP contribution in [0.2, 0.25) is 0 Å². The molecule has 19 heavy (non-hydrogen) atoms. The number of likely N-dealkylation sites (tertiary alicyclic amines) is 1. The summed E-state index contributed by atoms with van der Waals surface area (Å²) in [5, 5.41) is 0. The number of hydrogen-bond acceptors (Lipinski definition) is 2. The minimum Gasteiger partial charge on any atom is -0.330 e. The SMILES string of the molecule is CC(CCN)c1ccc(C2CCCN(C)CC2)cc1. The molecule has 1 aliphatic rings. The van der Waals surface area contributed by atoms with Gasteiger partial charge in [-0.15, -0.1) is 0 Å². The monoisotopic (exact) mass is 260 g/mol. The summed E-state index contributed by atoms with van der Waals surface area (Å²) in [4.78, 5) is 2.46. The van der Waals surface area contributed by atoms with Crippen molar-refractivity contribution in [2.45, 2.75) is 44.4 Å². The lowest BCUT2D eigenvalue weighted by Crippen LogP contribution is -2.18. The van der Waals surface area contributed by atoms with E-state index in [1.807, 2.05) is 0 Å². The number of nitrogens with zero attached hydrogens (tertiary/aromatic N) is 1. The zero-order valence-electron chi connectivity index (χ0n) is 12.4. The maximum absolute atomic E-state index is 5.64. The van der Waals surface area contributed by atoms with E-state index < -0.39 is 0 Å². The van der Waals surface area contributed by atoms with Crippen LogP contribution in [0, 0.1) is 0 Å². The van der Waals surface area contributed by atoms with Crippen molar-refractivity contribution in [1.29, 1.82) is 0 Å². The molecule has 1 fully saturated rings. The van der Waals surface area contributed by atoms with Crippen molar-refractivity contribution in [2.24, 2.45) is 5.73 Å². The van der Waals surface area contributed by atoms with Gasteiger partial charge in [-0.25, -0.2) is 0 Å². The minimum atomic E-state index is 0.583. The first-order valence-electron chi connectivity index (χ1n) is 7.69. The Bertz CT molecular complexity index is 371. The lowest BCUT2D eigenvalue weighted by Gasteiger charge is -2.17. The molecule has 1 aromatic rings. The third-order valence-corrected chi connectivity index (χ3v) is 4.53. The summed E-state index contributed by atoms with van der Waals surface area (Å²) in [6, 6.07) is 9.31. The Morgan fingerprint density at radius 2 is 1.95 bits per heavy atom. The van der Waals surface area contributed by atoms with Gasteiger partial charge < -0.3 is 10.6 Å². The van der Waals surface area contributed by atoms with Gasteiger partial charge in [0.25, 0.3) is 0 Å². The molecule has 1 aromatic carbocycles. The molecule has 2 rings (SSSR count). The van der Waals surface area contributed by atoms with E-state index in [4.69, 9.17) is 5.73 Å². The van der Waals surface area contributed by atoms with Crippen LogP contribution >= 0.6 is 0 Å². The lowest BCUT2D eigenvalue weighted by molar-refractivity contribution is 0.347. The summed E-state index contributed by atoms with van der Waals surface area (Å²) in [6.07, 6.45) is 5.04. The summed E-state index contributed by atoms with van der Waals surface area (Å²) in [6.45, 7) is 5.53. The minimum absolute atomic E-state index is 0.583. The summed E-state index contributed by atoms with van der Waals surface area (Å²) < 4.78 is 0. The summed E-state index contributed by atoms with van der Waals surface area (Å²) in [7, 11) is 2.24. The molecular weight excluding hydrogens is 232 g/mol. The molecule has 0 amide bonds. The van der Waals surface area contributed by atoms with Gasteiger partial charge in [-0.2, -0.15) is 0 Å². The predicted molar refractivity (Wildman–Crippen MR) is 82.6 cm³/mol. The molecule has 2 atom stereocenters. The fourth-order valence-corrected chi connectivity index (χ4v) is 3.09. The molecule has 2 N–H and O–H groups in total. The highest BCUT2D eigenvalue weighted by atomic mass is 15.1. The van der Waals surface area contributed by atoms with E-state index >= 15 is 0 Å². The van der Waals surface area contributed by atoms with Crippen LogP contribution in [0.5, 0.6) is 0 Å². The Morgan fingerprint density at radius 3 is 2.63 bits per heavy atom. The van der Waals surface area contributed by atoms with E-state index in [0.717, 1.165) is 18.9 Å². The first-order chi connectivity index (χ1) is 9.20. The molecule has 1 heterocycles. The summed E-state index contributed by atoms with van der Waals surface area (Å²) in [5.41, 5.74) is 8.60. The van der Waals surface area contributed by atoms with Crippen molar-refractivity contribution in [1.82, 2.24) is 4.90 Å². The van der Waals surface area contributed by atoms with Crippen LogP contribution in [-0.4, -0.2) is 31.6 Å². The molecule has 2 heteroatoms. The van der Waals surface area contributed by atoms with Gasteiger partial charge >= 0.3 is 0 Å². The smallest absolute Gasteiger partial charge is 0.00160 e. The standard InChI is InChI=1S/C17H28N2/c1-14(9-11-18)15-5-7-17(8-6-15)16-4-3-12-19(2)13-10-16/h5-8,14,16H,3-4,9-13,18H2,1-2H3. The molecule has 0 aliphatic carbocycles. The molecule has 0 saturated carbocycles. The van der Waals surface area contributed by atoms with E-state index in [1.54, 1.807) is 0 Å². The number of rotatable bonds is 4. The van der Waals surface area contributed by atoms with E-state index in [2.05, 4.69) is 43.1 Å². The second-order valence-corrected chi connectivity index (χ2v) is 6.08. The largest absolute Gasteiger partial charge is 0.330 e. The quantitative estimate of drug-likeness (QED) is 0.899. The van der Waals surface area contributed by atoms with E-state index in [9.17, 15) is 0 Å². The van der Waals surface area contributed by atoms with Crippen molar-refractivity contribution in [3.05, 3.63) is 35.4 Å². The van der Waals surface area contributed by atoms with Crippen molar-refractivity contribution >= 4 is 0 Å². The molecule has 0 spiro atoms. The Kier molecular flexibility index (Phi) is 5.41. The molecule has 0 aromatic heterocycles. The molecule has 1 saturated heterocycles. The van der Waals surface area contributed by atoms with E-state index in [-0.39, 0.29) is 0 Å². The highest BCUT2D eigenvalue weighted by Crippen LogP contribution is 2.29. The highest BCUT2D eigenvalue weighted by Gasteiger charge is 2.16. The highest BCUT2D eigenvalue weighted by molar-refractivity contribution is 5.27. The molecular formula is C17H28N2. The second kappa shape index (κ2) is 7.06. The molecule has 0 bridgehead atoms. The van der Waals surface area contributed by atoms with Gasteiger partial charge in [-0.3, -0.25) is 0 Å². The zero-order chi connectivity index (χ0) is 13.7. The molecule has 2 unspecified atom stereocenters. The number of nitrogens with two attached hydrogens (primary N) is 1. The van der Waals surface area contributed by atoms with Crippen molar-refractivity contribution < 1.29 is 0 Å². The van der Waals surface area contributed by atoms with Gasteiger partial charge in [0.1, 0.15) is 0 Å². The third kappa shape index (κ3) is 4.05. The molecule has 106 valence electrons. The van der Waals surface area contributed by atoms with Crippen molar-refractivity contribution in [3.63, 3.8) is 0 Å². The average Bonchev–Trinajstić information content (AvgIpc) is 2.64. The first kappa shape index (κ1) is 14.5. The van der Waals surface area contributed by atoms with E-state index in [0.29, 0.717) is 5.92 Å². The van der Waals surface area contributed by atoms with Crippen molar-refractivity contribution in [3.8, 4) is 0 Å². The van der Waals surface area contributed by atoms with Gasteiger partial charge in [0.05, 0.1) is 0 Å². The van der Waals surface area contributed by atoms with Gasteiger partial charge in [0.15, 0.2) is 0 Å². The van der Waals surface area contributed by atoms with Crippen LogP contribution < -0.4 is 5.73 Å². The number of hydrogen-bond donors (Lipinski definition) is 1. The fourth-order valence-electron chi connectivity index (χ4n) is 3.09. The Balaban J connectivity index is 2.01. The third-order valence-electron chi connectivity index (χ3n) is 4.53. The van der Waals surface area contributed by atoms with Crippen LogP contribution in [0.25, 0.3) is 0 Å². The normalized spacial score (nSPS) is 23.0. The van der Waals surface area contributed by atoms with Gasteiger partial charge in [0, 0.05) is 0 Å². The maximum atomic E-state index is 5.64. The van der Waals surface area contributed by atoms with Gasteiger partial charge in [-0.05, 0) is 75.3 Å². The average molecular weight is 260 g/mol. The van der Waals surface area contributed by atoms with Crippen LogP contribution in [0.3, 0.4) is 0 Å². The van der Waals surface area contributed by atoms with Gasteiger partial charge in [0.2, 0.25) is 0 Å². The van der Waals surface area contributed by atoms with Crippen LogP contribution in [0.1, 0.15) is 55.6 Å². The topological polar surface area (TPSA) is 29.3 Å². The van der Waals surface area contributed by atoms with E-state index in [1.165, 1.54) is 43.5 Å². The fraction of sp³-hybridized carbons (Fsp3) is 0.647. The van der Waals surface area contributed by atoms with Crippen LogP contribution in [-0.2, 0) is 0 Å². The van der Waals surface area contributed by atoms with Crippen molar-refractivity contribution in [2.75, 3.05) is 26.7 Å². The predicted octanol–water partition coefficient (Wildman–Crippen LogP) is 3.34. The van der Waals surface area contributed by atoms with Crippen LogP contribution in [0.15, 0.2) is 24.3 Å². The first-order valence-corrected chi connectivity index (χ1v) is 7.69.